The lowest BCUT2D eigenvalue weighted by molar-refractivity contribution is -0.147. The number of nitrogens with one attached hydrogen (secondary N) is 1. The summed E-state index contributed by atoms with van der Waals surface area (Å²) in [5.74, 6) is -2.38. The Morgan fingerprint density at radius 3 is 1.31 bits per heavy atom. The van der Waals surface area contributed by atoms with Crippen molar-refractivity contribution in [3.05, 3.63) is 48.6 Å². The van der Waals surface area contributed by atoms with Crippen LogP contribution in [0.3, 0.4) is 0 Å². The molecule has 0 saturated heterocycles. The van der Waals surface area contributed by atoms with E-state index in [4.69, 9.17) is 13.8 Å². The number of aliphatic hydroxyl groups excluding tert-OH is 1. The van der Waals surface area contributed by atoms with Crippen molar-refractivity contribution in [2.75, 3.05) is 19.8 Å². The molecular formula is C50H90NO10P. The highest BCUT2D eigenvalue weighted by Gasteiger charge is 2.28. The van der Waals surface area contributed by atoms with Crippen molar-refractivity contribution in [2.24, 2.45) is 0 Å². The van der Waals surface area contributed by atoms with Crippen molar-refractivity contribution in [1.29, 1.82) is 0 Å². The van der Waals surface area contributed by atoms with Gasteiger partial charge in [0.1, 0.15) is 12.7 Å². The number of carboxylic acid groups (broad SMARTS) is 1. The number of esters is 1. The van der Waals surface area contributed by atoms with Crippen LogP contribution in [0.25, 0.3) is 0 Å². The van der Waals surface area contributed by atoms with Crippen molar-refractivity contribution in [2.45, 2.75) is 231 Å². The molecule has 0 fully saturated rings. The predicted octanol–water partition coefficient (Wildman–Crippen LogP) is 13.3. The van der Waals surface area contributed by atoms with Gasteiger partial charge in [0.2, 0.25) is 5.91 Å². The van der Waals surface area contributed by atoms with Gasteiger partial charge < -0.3 is 25.2 Å². The molecule has 0 aliphatic heterocycles. The molecule has 0 aromatic rings. The van der Waals surface area contributed by atoms with Gasteiger partial charge in [0.25, 0.3) is 0 Å². The molecule has 0 heterocycles. The summed E-state index contributed by atoms with van der Waals surface area (Å²) in [6, 6.07) is -1.55. The molecule has 0 aliphatic carbocycles. The Balaban J connectivity index is 3.85. The standard InChI is InChI=1S/C50H90NO10P/c1-3-5-7-9-11-13-15-17-19-20-21-22-23-24-25-26-28-29-31-33-35-37-39-41-48(53)51-47(50(55)56)45-61-62(57,58)60-44-46(52)43-59-49(54)42-40-38-36-34-32-30-27-18-16-14-12-10-8-6-4-2/h11-14,17-19,27,46-47,52H,3-10,15-16,20-26,28-45H2,1-2H3,(H,51,53)(H,55,56)(H,57,58)/b13-11-,14-12-,19-17-,27-18-. The van der Waals surface area contributed by atoms with Crippen LogP contribution in [0.4, 0.5) is 0 Å². The van der Waals surface area contributed by atoms with E-state index >= 15 is 0 Å². The number of hydrogen-bond donors (Lipinski definition) is 4. The molecular weight excluding hydrogens is 806 g/mol. The minimum absolute atomic E-state index is 0.143. The van der Waals surface area contributed by atoms with Gasteiger partial charge in [-0.3, -0.25) is 18.6 Å². The number of phosphoric ester groups is 1. The fourth-order valence-corrected chi connectivity index (χ4v) is 7.50. The quantitative estimate of drug-likeness (QED) is 0.0200. The summed E-state index contributed by atoms with van der Waals surface area (Å²) in [7, 11) is -4.76. The minimum Gasteiger partial charge on any atom is -0.480 e. The second-order valence-corrected chi connectivity index (χ2v) is 18.1. The maximum absolute atomic E-state index is 12.4. The van der Waals surface area contributed by atoms with Gasteiger partial charge in [-0.1, -0.05) is 178 Å². The predicted molar refractivity (Wildman–Crippen MR) is 254 cm³/mol. The van der Waals surface area contributed by atoms with Crippen LogP contribution in [-0.2, 0) is 32.7 Å². The average Bonchev–Trinajstić information content (AvgIpc) is 3.25. The highest BCUT2D eigenvalue weighted by Crippen LogP contribution is 2.43. The lowest BCUT2D eigenvalue weighted by Gasteiger charge is -2.18. The number of aliphatic hydroxyl groups is 1. The minimum atomic E-state index is -4.76. The second kappa shape index (κ2) is 45.0. The van der Waals surface area contributed by atoms with Crippen LogP contribution >= 0.6 is 7.82 Å². The van der Waals surface area contributed by atoms with E-state index in [1.54, 1.807) is 0 Å². The molecule has 0 aliphatic rings. The van der Waals surface area contributed by atoms with Crippen molar-refractivity contribution >= 4 is 25.7 Å². The Hall–Kier alpha value is -2.56. The van der Waals surface area contributed by atoms with Gasteiger partial charge in [-0.15, -0.1) is 0 Å². The molecule has 11 nitrogen and oxygen atoms in total. The number of rotatable bonds is 46. The first kappa shape index (κ1) is 59.4. The van der Waals surface area contributed by atoms with Gasteiger partial charge in [-0.05, 0) is 77.0 Å². The van der Waals surface area contributed by atoms with Crippen LogP contribution in [-0.4, -0.2) is 64.9 Å². The summed E-state index contributed by atoms with van der Waals surface area (Å²) in [6.45, 7) is 2.55. The van der Waals surface area contributed by atoms with Crippen LogP contribution in [0.5, 0.6) is 0 Å². The molecule has 1 amide bonds. The molecule has 4 N–H and O–H groups in total. The third kappa shape index (κ3) is 44.1. The molecule has 360 valence electrons. The van der Waals surface area contributed by atoms with Gasteiger partial charge in [0.15, 0.2) is 6.04 Å². The monoisotopic (exact) mass is 896 g/mol. The van der Waals surface area contributed by atoms with E-state index < -0.39 is 57.6 Å². The van der Waals surface area contributed by atoms with E-state index in [1.807, 2.05) is 0 Å². The number of carbonyl (C=O) groups excluding carboxylic acids is 2. The SMILES string of the molecule is CCCCC/C=C\C/C=C\CCCCCCCCCCCCCCCC(=O)NC(COP(=O)(O)OCC(O)COC(=O)CCCCCCC/C=C\C/C=C\CCCCC)C(=O)O. The molecule has 0 aromatic heterocycles. The molecule has 0 spiro atoms. The van der Waals surface area contributed by atoms with E-state index in [0.717, 1.165) is 70.6 Å². The Morgan fingerprint density at radius 2 is 0.887 bits per heavy atom. The molecule has 3 unspecified atom stereocenters. The number of phosphoric acid groups is 1. The topological polar surface area (TPSA) is 169 Å². The molecule has 0 aromatic carbocycles. The smallest absolute Gasteiger partial charge is 0.472 e. The number of unbranched alkanes of at least 4 members (excludes halogenated alkanes) is 24. The number of carbonyl (C=O) groups is 3. The van der Waals surface area contributed by atoms with Crippen LogP contribution in [0, 0.1) is 0 Å². The Bertz CT molecular complexity index is 1240. The van der Waals surface area contributed by atoms with Gasteiger partial charge in [-0.25, -0.2) is 9.36 Å². The number of amides is 1. The van der Waals surface area contributed by atoms with Gasteiger partial charge in [0, 0.05) is 12.8 Å². The van der Waals surface area contributed by atoms with E-state index in [-0.39, 0.29) is 12.8 Å². The van der Waals surface area contributed by atoms with E-state index in [1.165, 1.54) is 109 Å². The molecule has 3 atom stereocenters. The fourth-order valence-electron chi connectivity index (χ4n) is 6.73. The summed E-state index contributed by atoms with van der Waals surface area (Å²) < 4.78 is 26.9. The zero-order chi connectivity index (χ0) is 45.6. The number of aliphatic carboxylic acids is 1. The van der Waals surface area contributed by atoms with Crippen LogP contribution in [0.2, 0.25) is 0 Å². The normalized spacial score (nSPS) is 14.0. The summed E-state index contributed by atoms with van der Waals surface area (Å²) >= 11 is 0. The maximum Gasteiger partial charge on any atom is 0.472 e. The molecule has 0 saturated carbocycles. The van der Waals surface area contributed by atoms with Crippen molar-refractivity contribution < 1.29 is 47.8 Å². The van der Waals surface area contributed by atoms with E-state index in [0.29, 0.717) is 12.8 Å². The van der Waals surface area contributed by atoms with Crippen molar-refractivity contribution in [1.82, 2.24) is 5.32 Å². The second-order valence-electron chi connectivity index (χ2n) is 16.6. The molecule has 62 heavy (non-hydrogen) atoms. The summed E-state index contributed by atoms with van der Waals surface area (Å²) in [4.78, 5) is 46.1. The Morgan fingerprint density at radius 1 is 0.516 bits per heavy atom. The Kier molecular flexibility index (Phi) is 43.2. The largest absolute Gasteiger partial charge is 0.480 e. The van der Waals surface area contributed by atoms with Crippen LogP contribution in [0.15, 0.2) is 48.6 Å². The summed E-state index contributed by atoms with van der Waals surface area (Å²) in [5, 5.41) is 21.9. The average molecular weight is 896 g/mol. The van der Waals surface area contributed by atoms with Crippen LogP contribution in [0.1, 0.15) is 219 Å². The third-order valence-electron chi connectivity index (χ3n) is 10.6. The van der Waals surface area contributed by atoms with Crippen molar-refractivity contribution in [3.63, 3.8) is 0 Å². The van der Waals surface area contributed by atoms with Gasteiger partial charge in [0.05, 0.1) is 13.2 Å². The van der Waals surface area contributed by atoms with E-state index in [9.17, 15) is 34.1 Å². The van der Waals surface area contributed by atoms with E-state index in [2.05, 4.69) is 67.8 Å². The first-order valence-electron chi connectivity index (χ1n) is 24.7. The third-order valence-corrected chi connectivity index (χ3v) is 11.5. The number of carboxylic acids is 1. The van der Waals surface area contributed by atoms with Gasteiger partial charge >= 0.3 is 19.8 Å². The highest BCUT2D eigenvalue weighted by molar-refractivity contribution is 7.47. The van der Waals surface area contributed by atoms with Crippen LogP contribution < -0.4 is 5.32 Å². The zero-order valence-corrected chi connectivity index (χ0v) is 40.1. The maximum atomic E-state index is 12.4. The first-order chi connectivity index (χ1) is 30.1. The Labute approximate surface area is 377 Å². The van der Waals surface area contributed by atoms with Gasteiger partial charge in [-0.2, -0.15) is 0 Å². The first-order valence-corrected chi connectivity index (χ1v) is 26.2. The molecule has 0 rings (SSSR count). The lowest BCUT2D eigenvalue weighted by atomic mass is 10.0. The molecule has 0 bridgehead atoms. The highest BCUT2D eigenvalue weighted by atomic mass is 31.2. The fraction of sp³-hybridized carbons (Fsp3) is 0.780. The number of ether oxygens (including phenoxy) is 1. The summed E-state index contributed by atoms with van der Waals surface area (Å²) in [6.07, 6.45) is 51.3. The molecule has 0 radical (unpaired) electrons. The number of allylic oxidation sites excluding steroid dienone is 8. The lowest BCUT2D eigenvalue weighted by Crippen LogP contribution is -2.43. The zero-order valence-electron chi connectivity index (χ0n) is 39.2. The number of hydrogen-bond acceptors (Lipinski definition) is 8. The van der Waals surface area contributed by atoms with Crippen molar-refractivity contribution in [3.8, 4) is 0 Å². The summed E-state index contributed by atoms with van der Waals surface area (Å²) in [5.41, 5.74) is 0. The molecule has 12 heteroatoms.